The van der Waals surface area contributed by atoms with Crippen molar-refractivity contribution < 1.29 is 18.7 Å². The quantitative estimate of drug-likeness (QED) is 0.754. The van der Waals surface area contributed by atoms with E-state index in [0.29, 0.717) is 30.2 Å². The minimum Gasteiger partial charge on any atom is -0.439 e. The lowest BCUT2D eigenvalue weighted by atomic mass is 10.2. The van der Waals surface area contributed by atoms with Crippen LogP contribution in [0.15, 0.2) is 42.6 Å². The molecule has 0 radical (unpaired) electrons. The highest BCUT2D eigenvalue weighted by molar-refractivity contribution is 5.85. The maximum absolute atomic E-state index is 13.3. The number of pyridine rings is 1. The van der Waals surface area contributed by atoms with Gasteiger partial charge in [-0.15, -0.1) is 24.8 Å². The number of rotatable bonds is 6. The Morgan fingerprint density at radius 1 is 1.30 bits per heavy atom. The Hall–Kier alpha value is -1.93. The lowest BCUT2D eigenvalue weighted by molar-refractivity contribution is -0.132. The minimum atomic E-state index is -0.474. The fourth-order valence-corrected chi connectivity index (χ4v) is 2.66. The number of benzene rings is 1. The largest absolute Gasteiger partial charge is 0.439 e. The zero-order valence-electron chi connectivity index (χ0n) is 14.5. The van der Waals surface area contributed by atoms with Gasteiger partial charge in [0.2, 0.25) is 11.8 Å². The molecule has 1 aromatic carbocycles. The Kier molecular flexibility index (Phi) is 9.45. The average molecular weight is 418 g/mol. The summed E-state index contributed by atoms with van der Waals surface area (Å²) in [5.41, 5.74) is 6.25. The summed E-state index contributed by atoms with van der Waals surface area (Å²) in [6.45, 7) is 0.655. The molecule has 1 amide bonds. The zero-order valence-corrected chi connectivity index (χ0v) is 16.1. The number of nitrogens with zero attached hydrogens (tertiary/aromatic N) is 1. The summed E-state index contributed by atoms with van der Waals surface area (Å²) in [5.74, 6) is 0.0874. The molecule has 1 aromatic heterocycles. The Labute approximate surface area is 169 Å². The predicted molar refractivity (Wildman–Crippen MR) is 104 cm³/mol. The summed E-state index contributed by atoms with van der Waals surface area (Å²) in [6, 6.07) is 9.34. The molecule has 9 heteroatoms. The molecule has 3 rings (SSSR count). The third-order valence-corrected chi connectivity index (χ3v) is 3.98. The van der Waals surface area contributed by atoms with Crippen molar-refractivity contribution in [2.75, 3.05) is 6.54 Å². The van der Waals surface area contributed by atoms with Crippen LogP contribution < -0.4 is 15.8 Å². The van der Waals surface area contributed by atoms with Crippen LogP contribution in [0.3, 0.4) is 0 Å². The standard InChI is InChI=1S/C18H20FN3O3.2ClH/c19-13-4-1-5-14(9-13)25-18-12(3-2-8-21-18)11-22-17(23)16-7-6-15(10-20)24-16;;/h1-5,8-9,15-16H,6-7,10-11,20H2,(H,22,23);2*1H/t15-,16+;;/m1../s1. The van der Waals surface area contributed by atoms with Gasteiger partial charge in [0, 0.05) is 30.9 Å². The van der Waals surface area contributed by atoms with Crippen molar-refractivity contribution in [3.8, 4) is 11.6 Å². The Balaban J connectivity index is 0.00000182. The van der Waals surface area contributed by atoms with E-state index >= 15 is 0 Å². The van der Waals surface area contributed by atoms with Crippen LogP contribution in [0.1, 0.15) is 18.4 Å². The molecule has 0 aliphatic carbocycles. The highest BCUT2D eigenvalue weighted by atomic mass is 35.5. The topological polar surface area (TPSA) is 86.5 Å². The molecule has 148 valence electrons. The first kappa shape index (κ1) is 23.1. The first-order chi connectivity index (χ1) is 12.2. The second-order valence-electron chi connectivity index (χ2n) is 5.80. The van der Waals surface area contributed by atoms with Crippen molar-refractivity contribution in [3.63, 3.8) is 0 Å². The first-order valence-corrected chi connectivity index (χ1v) is 8.16. The van der Waals surface area contributed by atoms with Crippen LogP contribution in [0.25, 0.3) is 0 Å². The molecule has 0 saturated carbocycles. The summed E-state index contributed by atoms with van der Waals surface area (Å²) in [4.78, 5) is 16.4. The summed E-state index contributed by atoms with van der Waals surface area (Å²) in [5, 5.41) is 2.82. The minimum absolute atomic E-state index is 0. The fourth-order valence-electron chi connectivity index (χ4n) is 2.66. The molecular weight excluding hydrogens is 396 g/mol. The van der Waals surface area contributed by atoms with Crippen LogP contribution in [0, 0.1) is 5.82 Å². The number of hydrogen-bond acceptors (Lipinski definition) is 5. The Bertz CT molecular complexity index is 751. The van der Waals surface area contributed by atoms with Crippen molar-refractivity contribution >= 4 is 30.7 Å². The molecule has 2 aromatic rings. The SMILES string of the molecule is Cl.Cl.NC[C@H]1CC[C@@H](C(=O)NCc2cccnc2Oc2cccc(F)c2)O1. The van der Waals surface area contributed by atoms with Gasteiger partial charge in [0.15, 0.2) is 0 Å². The average Bonchev–Trinajstić information content (AvgIpc) is 3.10. The third kappa shape index (κ3) is 6.32. The van der Waals surface area contributed by atoms with Crippen molar-refractivity contribution in [2.24, 2.45) is 5.73 Å². The maximum Gasteiger partial charge on any atom is 0.249 e. The Morgan fingerprint density at radius 3 is 2.81 bits per heavy atom. The van der Waals surface area contributed by atoms with Gasteiger partial charge < -0.3 is 20.5 Å². The second kappa shape index (κ2) is 11.0. The van der Waals surface area contributed by atoms with E-state index in [9.17, 15) is 9.18 Å². The van der Waals surface area contributed by atoms with E-state index in [4.69, 9.17) is 15.2 Å². The third-order valence-electron chi connectivity index (χ3n) is 3.98. The number of carbonyl (C=O) groups is 1. The van der Waals surface area contributed by atoms with E-state index in [1.165, 1.54) is 12.1 Å². The van der Waals surface area contributed by atoms with Crippen molar-refractivity contribution in [2.45, 2.75) is 31.6 Å². The van der Waals surface area contributed by atoms with E-state index in [2.05, 4.69) is 10.3 Å². The van der Waals surface area contributed by atoms with Gasteiger partial charge in [-0.25, -0.2) is 9.37 Å². The number of amides is 1. The maximum atomic E-state index is 13.3. The normalized spacial score (nSPS) is 18.1. The van der Waals surface area contributed by atoms with Crippen LogP contribution in [0.4, 0.5) is 4.39 Å². The fraction of sp³-hybridized carbons (Fsp3) is 0.333. The van der Waals surface area contributed by atoms with Gasteiger partial charge in [-0.1, -0.05) is 12.1 Å². The zero-order chi connectivity index (χ0) is 17.6. The monoisotopic (exact) mass is 417 g/mol. The summed E-state index contributed by atoms with van der Waals surface area (Å²) < 4.78 is 24.5. The molecule has 1 saturated heterocycles. The van der Waals surface area contributed by atoms with Crippen molar-refractivity contribution in [1.29, 1.82) is 0 Å². The highest BCUT2D eigenvalue weighted by Crippen LogP contribution is 2.24. The molecule has 2 atom stereocenters. The van der Waals surface area contributed by atoms with Gasteiger partial charge in [-0.3, -0.25) is 4.79 Å². The molecule has 0 bridgehead atoms. The van der Waals surface area contributed by atoms with Crippen LogP contribution in [0.2, 0.25) is 0 Å². The van der Waals surface area contributed by atoms with Gasteiger partial charge >= 0.3 is 0 Å². The lowest BCUT2D eigenvalue weighted by Gasteiger charge is -2.14. The van der Waals surface area contributed by atoms with Crippen LogP contribution >= 0.6 is 24.8 Å². The second-order valence-corrected chi connectivity index (χ2v) is 5.80. The molecule has 27 heavy (non-hydrogen) atoms. The molecule has 6 nitrogen and oxygen atoms in total. The molecule has 0 spiro atoms. The molecule has 0 unspecified atom stereocenters. The summed E-state index contributed by atoms with van der Waals surface area (Å²) >= 11 is 0. The summed E-state index contributed by atoms with van der Waals surface area (Å²) in [6.07, 6.45) is 2.49. The van der Waals surface area contributed by atoms with Crippen molar-refractivity contribution in [1.82, 2.24) is 10.3 Å². The van der Waals surface area contributed by atoms with Gasteiger partial charge in [0.05, 0.1) is 6.10 Å². The molecule has 1 aliphatic heterocycles. The molecule has 1 fully saturated rings. The number of ether oxygens (including phenoxy) is 2. The van der Waals surface area contributed by atoms with E-state index in [0.717, 1.165) is 6.42 Å². The molecule has 1 aliphatic rings. The number of nitrogens with two attached hydrogens (primary N) is 1. The predicted octanol–water partition coefficient (Wildman–Crippen LogP) is 2.98. The van der Waals surface area contributed by atoms with Crippen molar-refractivity contribution in [3.05, 3.63) is 54.0 Å². The van der Waals surface area contributed by atoms with E-state index in [-0.39, 0.29) is 43.4 Å². The number of aromatic nitrogens is 1. The van der Waals surface area contributed by atoms with Crippen LogP contribution in [-0.4, -0.2) is 29.6 Å². The van der Waals surface area contributed by atoms with Gasteiger partial charge in [0.1, 0.15) is 17.7 Å². The van der Waals surface area contributed by atoms with Crippen LogP contribution in [-0.2, 0) is 16.1 Å². The number of hydrogen-bond donors (Lipinski definition) is 2. The van der Waals surface area contributed by atoms with E-state index in [1.807, 2.05) is 0 Å². The number of carbonyl (C=O) groups excluding carboxylic acids is 1. The first-order valence-electron chi connectivity index (χ1n) is 8.16. The van der Waals surface area contributed by atoms with E-state index in [1.54, 1.807) is 30.5 Å². The van der Waals surface area contributed by atoms with Gasteiger partial charge in [-0.2, -0.15) is 0 Å². The molecule has 2 heterocycles. The number of nitrogens with one attached hydrogen (secondary N) is 1. The number of halogens is 3. The van der Waals surface area contributed by atoms with E-state index < -0.39 is 11.9 Å². The highest BCUT2D eigenvalue weighted by Gasteiger charge is 2.29. The van der Waals surface area contributed by atoms with Crippen LogP contribution in [0.5, 0.6) is 11.6 Å². The summed E-state index contributed by atoms with van der Waals surface area (Å²) in [7, 11) is 0. The smallest absolute Gasteiger partial charge is 0.249 e. The molecule has 3 N–H and O–H groups in total. The van der Waals surface area contributed by atoms with Gasteiger partial charge in [-0.05, 0) is 31.0 Å². The molecular formula is C18H22Cl2FN3O3. The van der Waals surface area contributed by atoms with Gasteiger partial charge in [0.25, 0.3) is 0 Å². The Morgan fingerprint density at radius 2 is 2.11 bits per heavy atom. The lowest BCUT2D eigenvalue weighted by Crippen LogP contribution is -2.35.